The predicted octanol–water partition coefficient (Wildman–Crippen LogP) is 3.28. The number of phenols is 1. The molecule has 0 aliphatic carbocycles. The van der Waals surface area contributed by atoms with Crippen molar-refractivity contribution in [3.8, 4) is 11.5 Å². The van der Waals surface area contributed by atoms with Crippen molar-refractivity contribution < 1.29 is 14.9 Å². The molecule has 27 heavy (non-hydrogen) atoms. The van der Waals surface area contributed by atoms with Gasteiger partial charge in [0.15, 0.2) is 11.5 Å². The van der Waals surface area contributed by atoms with Crippen molar-refractivity contribution in [1.82, 2.24) is 14.9 Å². The second kappa shape index (κ2) is 8.29. The first-order valence-electron chi connectivity index (χ1n) is 8.75. The molecule has 6 nitrogen and oxygen atoms in total. The van der Waals surface area contributed by atoms with Crippen LogP contribution in [-0.2, 0) is 13.1 Å². The molecule has 1 atom stereocenters. The molecule has 3 aromatic rings. The Labute approximate surface area is 166 Å². The number of benzene rings is 2. The third-order valence-electron chi connectivity index (χ3n) is 4.69. The number of hydrogen-bond donors (Lipinski definition) is 3. The SMILES string of the molecule is COc1cc(CNCC(O)Cn2cnc3cc(C)c(C)cc32)c(Br)cc1O. The van der Waals surface area contributed by atoms with Crippen LogP contribution in [0.2, 0.25) is 0 Å². The first-order valence-corrected chi connectivity index (χ1v) is 9.54. The number of imidazole rings is 1. The van der Waals surface area contributed by atoms with Crippen LogP contribution in [0.3, 0.4) is 0 Å². The smallest absolute Gasteiger partial charge is 0.160 e. The number of aromatic hydroxyl groups is 1. The maximum Gasteiger partial charge on any atom is 0.160 e. The van der Waals surface area contributed by atoms with Crippen LogP contribution in [0.4, 0.5) is 0 Å². The second-order valence-electron chi connectivity index (χ2n) is 6.72. The van der Waals surface area contributed by atoms with E-state index in [1.807, 2.05) is 4.57 Å². The standard InChI is InChI=1S/C20H24BrN3O3/c1-12-4-17-18(5-13(12)2)24(11-23-17)10-15(25)9-22-8-14-6-20(27-3)19(26)7-16(14)21/h4-7,11,15,22,25-26H,8-10H2,1-3H3. The molecule has 0 aliphatic heterocycles. The Morgan fingerprint density at radius 2 is 1.96 bits per heavy atom. The molecule has 0 bridgehead atoms. The van der Waals surface area contributed by atoms with E-state index in [4.69, 9.17) is 4.74 Å². The molecule has 0 saturated carbocycles. The number of aliphatic hydroxyl groups is 1. The molecular weight excluding hydrogens is 410 g/mol. The molecule has 0 amide bonds. The summed E-state index contributed by atoms with van der Waals surface area (Å²) in [6, 6.07) is 7.56. The number of nitrogens with zero attached hydrogens (tertiary/aromatic N) is 2. The number of methoxy groups -OCH3 is 1. The number of fused-ring (bicyclic) bond motifs is 1. The van der Waals surface area contributed by atoms with Crippen molar-refractivity contribution in [2.45, 2.75) is 33.0 Å². The highest BCUT2D eigenvalue weighted by Gasteiger charge is 2.11. The Kier molecular flexibility index (Phi) is 6.04. The summed E-state index contributed by atoms with van der Waals surface area (Å²) in [4.78, 5) is 4.43. The second-order valence-corrected chi connectivity index (χ2v) is 7.58. The summed E-state index contributed by atoms with van der Waals surface area (Å²) in [7, 11) is 1.52. The topological polar surface area (TPSA) is 79.5 Å². The van der Waals surface area contributed by atoms with E-state index in [2.05, 4.69) is 52.2 Å². The van der Waals surface area contributed by atoms with Crippen LogP contribution < -0.4 is 10.1 Å². The Hall–Kier alpha value is -2.09. The van der Waals surface area contributed by atoms with Crippen LogP contribution in [-0.4, -0.2) is 39.5 Å². The van der Waals surface area contributed by atoms with Gasteiger partial charge in [0.1, 0.15) is 0 Å². The predicted molar refractivity (Wildman–Crippen MR) is 109 cm³/mol. The zero-order chi connectivity index (χ0) is 19.6. The molecule has 1 heterocycles. The molecular formula is C20H24BrN3O3. The Bertz CT molecular complexity index is 955. The summed E-state index contributed by atoms with van der Waals surface area (Å²) in [5.41, 5.74) is 5.34. The van der Waals surface area contributed by atoms with Crippen LogP contribution in [0.15, 0.2) is 35.1 Å². The number of halogens is 1. The van der Waals surface area contributed by atoms with E-state index in [9.17, 15) is 10.2 Å². The van der Waals surface area contributed by atoms with Crippen molar-refractivity contribution in [3.05, 3.63) is 51.8 Å². The van der Waals surface area contributed by atoms with Gasteiger partial charge in [0.2, 0.25) is 0 Å². The van der Waals surface area contributed by atoms with Gasteiger partial charge in [-0.05, 0) is 54.8 Å². The number of aryl methyl sites for hydroxylation is 2. The fraction of sp³-hybridized carbons (Fsp3) is 0.350. The Morgan fingerprint density at radius 3 is 2.70 bits per heavy atom. The first kappa shape index (κ1) is 19.7. The average molecular weight is 434 g/mol. The monoisotopic (exact) mass is 433 g/mol. The van der Waals surface area contributed by atoms with Gasteiger partial charge >= 0.3 is 0 Å². The minimum absolute atomic E-state index is 0.0886. The molecule has 1 unspecified atom stereocenters. The lowest BCUT2D eigenvalue weighted by atomic mass is 10.1. The lowest BCUT2D eigenvalue weighted by Crippen LogP contribution is -2.30. The number of aromatic nitrogens is 2. The van der Waals surface area contributed by atoms with E-state index in [0.717, 1.165) is 21.1 Å². The highest BCUT2D eigenvalue weighted by Crippen LogP contribution is 2.32. The summed E-state index contributed by atoms with van der Waals surface area (Å²) in [6.45, 7) is 5.58. The van der Waals surface area contributed by atoms with E-state index in [1.165, 1.54) is 18.2 Å². The van der Waals surface area contributed by atoms with Crippen molar-refractivity contribution in [2.75, 3.05) is 13.7 Å². The van der Waals surface area contributed by atoms with Crippen LogP contribution in [0, 0.1) is 13.8 Å². The van der Waals surface area contributed by atoms with Gasteiger partial charge < -0.3 is 24.8 Å². The molecule has 0 radical (unpaired) electrons. The summed E-state index contributed by atoms with van der Waals surface area (Å²) in [5, 5.41) is 23.4. The van der Waals surface area contributed by atoms with E-state index in [0.29, 0.717) is 25.4 Å². The number of ether oxygens (including phenoxy) is 1. The Morgan fingerprint density at radius 1 is 1.22 bits per heavy atom. The highest BCUT2D eigenvalue weighted by molar-refractivity contribution is 9.10. The van der Waals surface area contributed by atoms with E-state index < -0.39 is 6.10 Å². The van der Waals surface area contributed by atoms with Crippen LogP contribution >= 0.6 is 15.9 Å². The van der Waals surface area contributed by atoms with Gasteiger partial charge in [0.05, 0.1) is 37.1 Å². The lowest BCUT2D eigenvalue weighted by Gasteiger charge is -2.15. The molecule has 1 aromatic heterocycles. The number of nitrogens with one attached hydrogen (secondary N) is 1. The van der Waals surface area contributed by atoms with Crippen molar-refractivity contribution in [1.29, 1.82) is 0 Å². The van der Waals surface area contributed by atoms with E-state index in [1.54, 1.807) is 18.5 Å². The third kappa shape index (κ3) is 4.43. The lowest BCUT2D eigenvalue weighted by molar-refractivity contribution is 0.152. The zero-order valence-corrected chi connectivity index (χ0v) is 17.2. The van der Waals surface area contributed by atoms with Gasteiger partial charge in [0, 0.05) is 17.6 Å². The summed E-state index contributed by atoms with van der Waals surface area (Å²) >= 11 is 3.44. The quantitative estimate of drug-likeness (QED) is 0.532. The van der Waals surface area contributed by atoms with Gasteiger partial charge in [-0.25, -0.2) is 4.98 Å². The van der Waals surface area contributed by atoms with E-state index in [-0.39, 0.29) is 5.75 Å². The summed E-state index contributed by atoms with van der Waals surface area (Å²) in [6.07, 6.45) is 1.22. The largest absolute Gasteiger partial charge is 0.504 e. The molecule has 0 spiro atoms. The zero-order valence-electron chi connectivity index (χ0n) is 15.7. The van der Waals surface area contributed by atoms with Gasteiger partial charge in [-0.15, -0.1) is 0 Å². The molecule has 7 heteroatoms. The van der Waals surface area contributed by atoms with Gasteiger partial charge in [-0.2, -0.15) is 0 Å². The first-order chi connectivity index (χ1) is 12.9. The fourth-order valence-electron chi connectivity index (χ4n) is 3.01. The number of phenolic OH excluding ortho intramolecular Hbond substituents is 1. The molecule has 3 rings (SSSR count). The number of aliphatic hydroxyl groups excluding tert-OH is 1. The van der Waals surface area contributed by atoms with Gasteiger partial charge in [0.25, 0.3) is 0 Å². The minimum atomic E-state index is -0.554. The summed E-state index contributed by atoms with van der Waals surface area (Å²) in [5.74, 6) is 0.511. The molecule has 0 aliphatic rings. The molecule has 144 valence electrons. The molecule has 2 aromatic carbocycles. The van der Waals surface area contributed by atoms with Crippen LogP contribution in [0.1, 0.15) is 16.7 Å². The maximum absolute atomic E-state index is 10.4. The van der Waals surface area contributed by atoms with E-state index >= 15 is 0 Å². The van der Waals surface area contributed by atoms with Crippen molar-refractivity contribution in [3.63, 3.8) is 0 Å². The van der Waals surface area contributed by atoms with Gasteiger partial charge in [-0.3, -0.25) is 0 Å². The maximum atomic E-state index is 10.4. The van der Waals surface area contributed by atoms with Crippen molar-refractivity contribution in [2.24, 2.45) is 0 Å². The normalized spacial score (nSPS) is 12.5. The number of rotatable bonds is 7. The summed E-state index contributed by atoms with van der Waals surface area (Å²) < 4.78 is 7.90. The average Bonchev–Trinajstić information content (AvgIpc) is 2.99. The third-order valence-corrected chi connectivity index (χ3v) is 5.43. The van der Waals surface area contributed by atoms with Crippen LogP contribution in [0.5, 0.6) is 11.5 Å². The minimum Gasteiger partial charge on any atom is -0.504 e. The van der Waals surface area contributed by atoms with Crippen molar-refractivity contribution >= 4 is 27.0 Å². The molecule has 0 saturated heterocycles. The fourth-order valence-corrected chi connectivity index (χ4v) is 3.48. The number of hydrogen-bond acceptors (Lipinski definition) is 5. The molecule has 0 fully saturated rings. The van der Waals surface area contributed by atoms with Crippen LogP contribution in [0.25, 0.3) is 11.0 Å². The van der Waals surface area contributed by atoms with Gasteiger partial charge in [-0.1, -0.05) is 15.9 Å². The highest BCUT2D eigenvalue weighted by atomic mass is 79.9. The Balaban J connectivity index is 1.61. The molecule has 3 N–H and O–H groups in total.